The molecule has 1 unspecified atom stereocenters. The smallest absolute Gasteiger partial charge is 0.146 e. The van der Waals surface area contributed by atoms with Crippen LogP contribution in [0.4, 0.5) is 0 Å². The lowest BCUT2D eigenvalue weighted by Crippen LogP contribution is -2.45. The summed E-state index contributed by atoms with van der Waals surface area (Å²) in [5.74, 6) is -0.489. The Morgan fingerprint density at radius 1 is 1.04 bits per heavy atom. The average Bonchev–Trinajstić information content (AvgIpc) is 2.66. The van der Waals surface area contributed by atoms with Crippen LogP contribution in [0.3, 0.4) is 0 Å². The first-order valence-corrected chi connectivity index (χ1v) is 10.6. The molecule has 0 spiro atoms. The zero-order chi connectivity index (χ0) is 19.7. The lowest BCUT2D eigenvalue weighted by molar-refractivity contribution is -0.141. The number of hydrogen-bond acceptors (Lipinski definition) is 3. The van der Waals surface area contributed by atoms with E-state index in [2.05, 4.69) is 12.1 Å². The van der Waals surface area contributed by atoms with E-state index in [1.54, 1.807) is 0 Å². The van der Waals surface area contributed by atoms with Crippen LogP contribution in [0, 0.1) is 11.3 Å². The van der Waals surface area contributed by atoms with E-state index in [9.17, 15) is 9.59 Å². The molecular formula is C24H30N2O2. The van der Waals surface area contributed by atoms with Crippen molar-refractivity contribution in [3.05, 3.63) is 41.6 Å². The molecule has 0 amide bonds. The zero-order valence-electron chi connectivity index (χ0n) is 16.9. The van der Waals surface area contributed by atoms with Gasteiger partial charge in [-0.05, 0) is 35.5 Å². The molecule has 1 aromatic carbocycles. The molecular weight excluding hydrogens is 348 g/mol. The number of aliphatic imine (C=N–C) groups is 1. The van der Waals surface area contributed by atoms with Crippen LogP contribution < -0.4 is 0 Å². The fourth-order valence-electron chi connectivity index (χ4n) is 4.97. The van der Waals surface area contributed by atoms with Gasteiger partial charge in [-0.2, -0.15) is 0 Å². The quantitative estimate of drug-likeness (QED) is 0.425. The molecule has 1 aliphatic heterocycles. The maximum Gasteiger partial charge on any atom is 0.146 e. The Labute approximate surface area is 167 Å². The van der Waals surface area contributed by atoms with E-state index in [1.165, 1.54) is 19.3 Å². The minimum absolute atomic E-state index is 0.0624. The monoisotopic (exact) mass is 378 g/mol. The Morgan fingerprint density at radius 3 is 2.43 bits per heavy atom. The van der Waals surface area contributed by atoms with Crippen LogP contribution in [-0.2, 0) is 9.59 Å². The highest BCUT2D eigenvalue weighted by molar-refractivity contribution is 6.06. The van der Waals surface area contributed by atoms with Gasteiger partial charge < -0.3 is 4.90 Å². The molecule has 4 nitrogen and oxygen atoms in total. The number of benzene rings is 1. The topological polar surface area (TPSA) is 49.7 Å². The molecule has 28 heavy (non-hydrogen) atoms. The van der Waals surface area contributed by atoms with Gasteiger partial charge in [0.25, 0.3) is 0 Å². The summed E-state index contributed by atoms with van der Waals surface area (Å²) in [6.07, 6.45) is 12.9. The zero-order valence-corrected chi connectivity index (χ0v) is 16.9. The first kappa shape index (κ1) is 19.1. The van der Waals surface area contributed by atoms with Crippen molar-refractivity contribution in [1.82, 2.24) is 4.90 Å². The molecule has 148 valence electrons. The SMILES string of the molecule is CC1(C)CC(=O)C(C2c3ccccc3C=CN2C=NC2CCCCC2)C(=O)C1. The summed E-state index contributed by atoms with van der Waals surface area (Å²) >= 11 is 0. The first-order valence-electron chi connectivity index (χ1n) is 10.6. The van der Waals surface area contributed by atoms with Gasteiger partial charge in [0.1, 0.15) is 17.5 Å². The maximum absolute atomic E-state index is 13.1. The van der Waals surface area contributed by atoms with Crippen molar-refractivity contribution < 1.29 is 9.59 Å². The van der Waals surface area contributed by atoms with E-state index < -0.39 is 5.92 Å². The van der Waals surface area contributed by atoms with Crippen molar-refractivity contribution >= 4 is 24.0 Å². The predicted molar refractivity (Wildman–Crippen MR) is 112 cm³/mol. The van der Waals surface area contributed by atoms with Crippen LogP contribution in [0.25, 0.3) is 6.08 Å². The van der Waals surface area contributed by atoms with Gasteiger partial charge in [0, 0.05) is 19.0 Å². The molecule has 0 bridgehead atoms. The highest BCUT2D eigenvalue weighted by atomic mass is 16.2. The lowest BCUT2D eigenvalue weighted by Gasteiger charge is -2.41. The third-order valence-electron chi connectivity index (χ3n) is 6.36. The van der Waals surface area contributed by atoms with Crippen LogP contribution >= 0.6 is 0 Å². The minimum Gasteiger partial charge on any atom is -0.331 e. The van der Waals surface area contributed by atoms with E-state index in [0.29, 0.717) is 18.9 Å². The molecule has 0 N–H and O–H groups in total. The van der Waals surface area contributed by atoms with Crippen molar-refractivity contribution in [2.24, 2.45) is 16.3 Å². The lowest BCUT2D eigenvalue weighted by atomic mass is 9.68. The van der Waals surface area contributed by atoms with Gasteiger partial charge in [0.2, 0.25) is 0 Å². The molecule has 2 saturated carbocycles. The van der Waals surface area contributed by atoms with Gasteiger partial charge in [-0.1, -0.05) is 57.4 Å². The van der Waals surface area contributed by atoms with Crippen molar-refractivity contribution in [3.8, 4) is 0 Å². The van der Waals surface area contributed by atoms with Crippen molar-refractivity contribution in [2.45, 2.75) is 70.9 Å². The largest absolute Gasteiger partial charge is 0.331 e. The van der Waals surface area contributed by atoms with Crippen molar-refractivity contribution in [3.63, 3.8) is 0 Å². The Balaban J connectivity index is 1.67. The second-order valence-electron chi connectivity index (χ2n) is 9.32. The summed E-state index contributed by atoms with van der Waals surface area (Å²) in [7, 11) is 0. The van der Waals surface area contributed by atoms with E-state index in [1.807, 2.05) is 49.5 Å². The van der Waals surface area contributed by atoms with E-state index in [0.717, 1.165) is 24.0 Å². The molecule has 0 radical (unpaired) electrons. The molecule has 0 saturated heterocycles. The number of carbonyl (C=O) groups is 2. The fourth-order valence-corrected chi connectivity index (χ4v) is 4.97. The van der Waals surface area contributed by atoms with Crippen LogP contribution in [0.2, 0.25) is 0 Å². The molecule has 4 heteroatoms. The Kier molecular flexibility index (Phi) is 5.22. The van der Waals surface area contributed by atoms with Crippen molar-refractivity contribution in [1.29, 1.82) is 0 Å². The summed E-state index contributed by atoms with van der Waals surface area (Å²) in [6.45, 7) is 4.02. The van der Waals surface area contributed by atoms with E-state index in [-0.39, 0.29) is 23.0 Å². The number of carbonyl (C=O) groups excluding carboxylic acids is 2. The number of fused-ring (bicyclic) bond motifs is 1. The normalized spacial score (nSPS) is 26.1. The first-order chi connectivity index (χ1) is 13.4. The minimum atomic E-state index is -0.614. The third-order valence-corrected chi connectivity index (χ3v) is 6.36. The number of Topliss-reactive ketones (excluding diaryl/α,β-unsaturated/α-hetero) is 2. The summed E-state index contributed by atoms with van der Waals surface area (Å²) in [6, 6.07) is 8.16. The molecule has 3 aliphatic rings. The highest BCUT2D eigenvalue weighted by Crippen LogP contribution is 2.43. The second-order valence-corrected chi connectivity index (χ2v) is 9.32. The molecule has 1 heterocycles. The van der Waals surface area contributed by atoms with Gasteiger partial charge in [-0.25, -0.2) is 0 Å². The molecule has 1 atom stereocenters. The Bertz CT molecular complexity index is 798. The van der Waals surface area contributed by atoms with Crippen LogP contribution in [0.5, 0.6) is 0 Å². The molecule has 2 fully saturated rings. The number of rotatable bonds is 3. The Morgan fingerprint density at radius 2 is 1.71 bits per heavy atom. The van der Waals surface area contributed by atoms with Crippen molar-refractivity contribution in [2.75, 3.05) is 0 Å². The van der Waals surface area contributed by atoms with Gasteiger partial charge in [0.15, 0.2) is 0 Å². The molecule has 0 aromatic heterocycles. The second kappa shape index (κ2) is 7.65. The maximum atomic E-state index is 13.1. The van der Waals surface area contributed by atoms with Gasteiger partial charge in [-0.3, -0.25) is 14.6 Å². The van der Waals surface area contributed by atoms with E-state index in [4.69, 9.17) is 4.99 Å². The molecule has 1 aromatic rings. The van der Waals surface area contributed by atoms with Crippen LogP contribution in [0.1, 0.15) is 76.0 Å². The Hall–Kier alpha value is -2.23. The summed E-state index contributed by atoms with van der Waals surface area (Å²) < 4.78 is 0. The number of nitrogens with zero attached hydrogens (tertiary/aromatic N) is 2. The van der Waals surface area contributed by atoms with Crippen LogP contribution in [0.15, 0.2) is 35.5 Å². The van der Waals surface area contributed by atoms with Crippen LogP contribution in [-0.4, -0.2) is 28.8 Å². The summed E-state index contributed by atoms with van der Waals surface area (Å²) in [4.78, 5) is 33.0. The average molecular weight is 379 g/mol. The van der Waals surface area contributed by atoms with Gasteiger partial charge in [-0.15, -0.1) is 0 Å². The van der Waals surface area contributed by atoms with E-state index >= 15 is 0 Å². The van der Waals surface area contributed by atoms with Gasteiger partial charge in [0.05, 0.1) is 18.4 Å². The number of ketones is 2. The third kappa shape index (κ3) is 3.82. The summed E-state index contributed by atoms with van der Waals surface area (Å²) in [5.41, 5.74) is 1.89. The molecule has 4 rings (SSSR count). The summed E-state index contributed by atoms with van der Waals surface area (Å²) in [5, 5.41) is 0. The standard InChI is InChI=1S/C24H30N2O2/c1-24(2)14-20(27)22(21(28)15-24)23-19-11-7-6-8-17(19)12-13-26(23)16-25-18-9-4-3-5-10-18/h6-8,11-13,16,18,22-23H,3-5,9-10,14-15H2,1-2H3. The fraction of sp³-hybridized carbons (Fsp3) is 0.542. The number of hydrogen-bond donors (Lipinski definition) is 0. The highest BCUT2D eigenvalue weighted by Gasteiger charge is 2.46. The van der Waals surface area contributed by atoms with Gasteiger partial charge >= 0.3 is 0 Å². The predicted octanol–water partition coefficient (Wildman–Crippen LogP) is 4.95. The molecule has 2 aliphatic carbocycles.